The van der Waals surface area contributed by atoms with Crippen LogP contribution >= 0.6 is 0 Å². The molecule has 1 aromatic rings. The second kappa shape index (κ2) is 7.70. The fourth-order valence-electron chi connectivity index (χ4n) is 1.80. The number of hydrogen-bond donors (Lipinski definition) is 1. The molecular weight excluding hydrogens is 246 g/mol. The van der Waals surface area contributed by atoms with E-state index in [1.54, 1.807) is 6.07 Å². The second-order valence-electron chi connectivity index (χ2n) is 4.13. The highest BCUT2D eigenvalue weighted by Crippen LogP contribution is 2.23. The molecule has 106 valence electrons. The Bertz CT molecular complexity index is 420. The second-order valence-corrected chi connectivity index (χ2v) is 4.13. The van der Waals surface area contributed by atoms with E-state index in [9.17, 15) is 10.1 Å². The van der Waals surface area contributed by atoms with E-state index >= 15 is 0 Å². The molecule has 2 N–H and O–H groups in total. The maximum Gasteiger partial charge on any atom is 0.270 e. The summed E-state index contributed by atoms with van der Waals surface area (Å²) in [5, 5.41) is 10.7. The summed E-state index contributed by atoms with van der Waals surface area (Å²) >= 11 is 0. The van der Waals surface area contributed by atoms with Crippen molar-refractivity contribution in [1.29, 1.82) is 0 Å². The van der Waals surface area contributed by atoms with Crippen molar-refractivity contribution in [1.82, 2.24) is 4.90 Å². The van der Waals surface area contributed by atoms with Gasteiger partial charge in [-0.05, 0) is 19.2 Å². The smallest absolute Gasteiger partial charge is 0.270 e. The number of hydrogen-bond acceptors (Lipinski definition) is 5. The molecule has 0 unspecified atom stereocenters. The van der Waals surface area contributed by atoms with Gasteiger partial charge in [0.05, 0.1) is 4.92 Å². The number of non-ortho nitro benzene ring substituents is 1. The van der Waals surface area contributed by atoms with E-state index in [1.807, 2.05) is 0 Å². The Labute approximate surface area is 113 Å². The summed E-state index contributed by atoms with van der Waals surface area (Å²) < 4.78 is 5.65. The first-order chi connectivity index (χ1) is 9.12. The van der Waals surface area contributed by atoms with Crippen LogP contribution in [-0.2, 0) is 6.54 Å². The van der Waals surface area contributed by atoms with Crippen LogP contribution in [0.3, 0.4) is 0 Å². The van der Waals surface area contributed by atoms with Crippen LogP contribution in [0.2, 0.25) is 0 Å². The Kier molecular flexibility index (Phi) is 6.24. The van der Waals surface area contributed by atoms with Crippen LogP contribution in [-0.4, -0.2) is 36.1 Å². The lowest BCUT2D eigenvalue weighted by Crippen LogP contribution is -2.28. The highest BCUT2D eigenvalue weighted by Gasteiger charge is 2.11. The highest BCUT2D eigenvalue weighted by molar-refractivity contribution is 5.43. The van der Waals surface area contributed by atoms with Crippen LogP contribution in [0, 0.1) is 10.1 Å². The van der Waals surface area contributed by atoms with Crippen molar-refractivity contribution in [2.75, 3.05) is 26.2 Å². The first-order valence-electron chi connectivity index (χ1n) is 6.44. The van der Waals surface area contributed by atoms with Crippen LogP contribution in [0.1, 0.15) is 19.4 Å². The zero-order valence-corrected chi connectivity index (χ0v) is 11.5. The molecule has 1 aromatic carbocycles. The summed E-state index contributed by atoms with van der Waals surface area (Å²) in [6, 6.07) is 4.52. The molecule has 19 heavy (non-hydrogen) atoms. The summed E-state index contributed by atoms with van der Waals surface area (Å²) in [5.41, 5.74) is 6.29. The van der Waals surface area contributed by atoms with Crippen LogP contribution in [0.15, 0.2) is 18.2 Å². The first-order valence-corrected chi connectivity index (χ1v) is 6.44. The normalized spacial score (nSPS) is 10.7. The minimum atomic E-state index is -0.432. The maximum absolute atomic E-state index is 10.7. The van der Waals surface area contributed by atoms with Gasteiger partial charge in [0.25, 0.3) is 5.69 Å². The van der Waals surface area contributed by atoms with E-state index in [2.05, 4.69) is 18.7 Å². The third-order valence-electron chi connectivity index (χ3n) is 3.03. The van der Waals surface area contributed by atoms with Crippen molar-refractivity contribution >= 4 is 5.69 Å². The molecule has 0 saturated heterocycles. The van der Waals surface area contributed by atoms with E-state index < -0.39 is 4.92 Å². The quantitative estimate of drug-likeness (QED) is 0.573. The third-order valence-corrected chi connectivity index (χ3v) is 3.03. The van der Waals surface area contributed by atoms with Crippen LogP contribution in [0.25, 0.3) is 0 Å². The van der Waals surface area contributed by atoms with Crippen LogP contribution < -0.4 is 10.5 Å². The molecule has 0 fully saturated rings. The van der Waals surface area contributed by atoms with Crippen molar-refractivity contribution in [3.63, 3.8) is 0 Å². The summed E-state index contributed by atoms with van der Waals surface area (Å²) in [5.74, 6) is 0.625. The molecule has 0 saturated carbocycles. The van der Waals surface area contributed by atoms with Crippen LogP contribution in [0.4, 0.5) is 5.69 Å². The van der Waals surface area contributed by atoms with Crippen molar-refractivity contribution in [3.05, 3.63) is 33.9 Å². The molecule has 0 aliphatic carbocycles. The lowest BCUT2D eigenvalue weighted by atomic mass is 10.2. The molecule has 0 amide bonds. The number of rotatable bonds is 8. The van der Waals surface area contributed by atoms with Gasteiger partial charge in [-0.2, -0.15) is 0 Å². The predicted octanol–water partition coefficient (Wildman–Crippen LogP) is 1.77. The Morgan fingerprint density at radius 3 is 2.58 bits per heavy atom. The Hall–Kier alpha value is -1.66. The molecule has 0 bridgehead atoms. The summed E-state index contributed by atoms with van der Waals surface area (Å²) in [6.07, 6.45) is 0. The SMILES string of the molecule is CCN(CC)CCOc1ccc([N+](=O)[O-])cc1CN. The number of ether oxygens (including phenoxy) is 1. The standard InChI is InChI=1S/C13H21N3O3/c1-3-15(4-2)7-8-19-13-6-5-12(16(17)18)9-11(13)10-14/h5-6,9H,3-4,7-8,10,14H2,1-2H3. The number of nitro benzene ring substituents is 1. The Morgan fingerprint density at radius 1 is 1.37 bits per heavy atom. The molecular formula is C13H21N3O3. The third kappa shape index (κ3) is 4.50. The van der Waals surface area contributed by atoms with E-state index in [0.29, 0.717) is 17.9 Å². The average Bonchev–Trinajstić information content (AvgIpc) is 2.43. The monoisotopic (exact) mass is 267 g/mol. The van der Waals surface area contributed by atoms with Crippen molar-refractivity contribution in [3.8, 4) is 5.75 Å². The molecule has 0 spiro atoms. The number of nitrogens with zero attached hydrogens (tertiary/aromatic N) is 2. The van der Waals surface area contributed by atoms with Gasteiger partial charge in [-0.3, -0.25) is 10.1 Å². The first kappa shape index (κ1) is 15.4. The number of likely N-dealkylation sites (N-methyl/N-ethyl adjacent to an activating group) is 1. The average molecular weight is 267 g/mol. The minimum Gasteiger partial charge on any atom is -0.492 e. The number of nitrogens with two attached hydrogens (primary N) is 1. The van der Waals surface area contributed by atoms with Crippen LogP contribution in [0.5, 0.6) is 5.75 Å². The molecule has 6 nitrogen and oxygen atoms in total. The van der Waals surface area contributed by atoms with Gasteiger partial charge in [0.15, 0.2) is 0 Å². The van der Waals surface area contributed by atoms with E-state index in [4.69, 9.17) is 10.5 Å². The molecule has 0 radical (unpaired) electrons. The summed E-state index contributed by atoms with van der Waals surface area (Å²) in [6.45, 7) is 7.75. The predicted molar refractivity (Wildman–Crippen MR) is 74.3 cm³/mol. The van der Waals surface area contributed by atoms with Crippen molar-refractivity contribution in [2.24, 2.45) is 5.73 Å². The zero-order chi connectivity index (χ0) is 14.3. The summed E-state index contributed by atoms with van der Waals surface area (Å²) in [7, 11) is 0. The number of nitro groups is 1. The van der Waals surface area contributed by atoms with Crippen molar-refractivity contribution in [2.45, 2.75) is 20.4 Å². The lowest BCUT2D eigenvalue weighted by molar-refractivity contribution is -0.384. The van der Waals surface area contributed by atoms with E-state index in [-0.39, 0.29) is 12.2 Å². The maximum atomic E-state index is 10.7. The van der Waals surface area contributed by atoms with Gasteiger partial charge in [-0.25, -0.2) is 0 Å². The van der Waals surface area contributed by atoms with Gasteiger partial charge < -0.3 is 15.4 Å². The van der Waals surface area contributed by atoms with Gasteiger partial charge in [-0.15, -0.1) is 0 Å². The molecule has 1 rings (SSSR count). The van der Waals surface area contributed by atoms with E-state index in [1.165, 1.54) is 12.1 Å². The molecule has 0 heterocycles. The number of benzene rings is 1. The highest BCUT2D eigenvalue weighted by atomic mass is 16.6. The fourth-order valence-corrected chi connectivity index (χ4v) is 1.80. The van der Waals surface area contributed by atoms with Crippen molar-refractivity contribution < 1.29 is 9.66 Å². The fraction of sp³-hybridized carbons (Fsp3) is 0.538. The van der Waals surface area contributed by atoms with Gasteiger partial charge in [0.1, 0.15) is 12.4 Å². The van der Waals surface area contributed by atoms with E-state index in [0.717, 1.165) is 19.6 Å². The molecule has 0 aliphatic heterocycles. The lowest BCUT2D eigenvalue weighted by Gasteiger charge is -2.18. The minimum absolute atomic E-state index is 0.0385. The van der Waals surface area contributed by atoms with Gasteiger partial charge >= 0.3 is 0 Å². The summed E-state index contributed by atoms with van der Waals surface area (Å²) in [4.78, 5) is 12.5. The topological polar surface area (TPSA) is 81.6 Å². The van der Waals surface area contributed by atoms with Gasteiger partial charge in [-0.1, -0.05) is 13.8 Å². The van der Waals surface area contributed by atoms with Gasteiger partial charge in [0, 0.05) is 30.8 Å². The largest absolute Gasteiger partial charge is 0.492 e. The zero-order valence-electron chi connectivity index (χ0n) is 11.5. The molecule has 6 heteroatoms. The molecule has 0 aliphatic rings. The Morgan fingerprint density at radius 2 is 2.05 bits per heavy atom. The molecule has 0 aromatic heterocycles. The Balaban J connectivity index is 2.65. The molecule has 0 atom stereocenters. The van der Waals surface area contributed by atoms with Gasteiger partial charge in [0.2, 0.25) is 0 Å².